The molecule has 1 aliphatic heterocycles. The Labute approximate surface area is 164 Å². The lowest BCUT2D eigenvalue weighted by Crippen LogP contribution is -2.46. The van der Waals surface area contributed by atoms with Crippen LogP contribution in [0, 0.1) is 0 Å². The molecule has 0 N–H and O–H groups in total. The van der Waals surface area contributed by atoms with E-state index >= 15 is 0 Å². The second-order valence-corrected chi connectivity index (χ2v) is 7.05. The van der Waals surface area contributed by atoms with Gasteiger partial charge >= 0.3 is 0 Å². The summed E-state index contributed by atoms with van der Waals surface area (Å²) >= 11 is 0. The Morgan fingerprint density at radius 3 is 2.57 bits per heavy atom. The van der Waals surface area contributed by atoms with Crippen LogP contribution in [0.15, 0.2) is 66.9 Å². The van der Waals surface area contributed by atoms with Gasteiger partial charge < -0.3 is 14.4 Å². The number of carbonyl (C=O) groups excluding carboxylic acids is 1. The van der Waals surface area contributed by atoms with Crippen LogP contribution in [0.1, 0.15) is 19.8 Å². The summed E-state index contributed by atoms with van der Waals surface area (Å²) in [7, 11) is 0. The number of para-hydroxylation sites is 2. The third-order valence-corrected chi connectivity index (χ3v) is 5.05. The molecular weight excluding hydrogens is 352 g/mol. The Morgan fingerprint density at radius 1 is 1.04 bits per heavy atom. The highest BCUT2D eigenvalue weighted by molar-refractivity contribution is 5.84. The van der Waals surface area contributed by atoms with Crippen molar-refractivity contribution in [3.05, 3.63) is 66.9 Å². The van der Waals surface area contributed by atoms with Crippen molar-refractivity contribution in [3.8, 4) is 11.5 Å². The van der Waals surface area contributed by atoms with E-state index in [0.717, 1.165) is 29.5 Å². The number of rotatable bonds is 5. The van der Waals surface area contributed by atoms with E-state index in [1.807, 2.05) is 65.6 Å². The largest absolute Gasteiger partial charge is 0.488 e. The predicted molar refractivity (Wildman–Crippen MR) is 109 cm³/mol. The average molecular weight is 376 g/mol. The highest BCUT2D eigenvalue weighted by Crippen LogP contribution is 2.26. The molecule has 0 unspecified atom stereocenters. The summed E-state index contributed by atoms with van der Waals surface area (Å²) < 4.78 is 12.0. The molecule has 144 valence electrons. The van der Waals surface area contributed by atoms with Crippen LogP contribution in [0.2, 0.25) is 0 Å². The Kier molecular flexibility index (Phi) is 5.42. The zero-order chi connectivity index (χ0) is 19.3. The number of piperidine rings is 1. The second-order valence-electron chi connectivity index (χ2n) is 7.05. The van der Waals surface area contributed by atoms with Gasteiger partial charge in [0, 0.05) is 37.5 Å². The maximum absolute atomic E-state index is 12.7. The lowest BCUT2D eigenvalue weighted by molar-refractivity contribution is -0.139. The summed E-state index contributed by atoms with van der Waals surface area (Å²) in [6.07, 6.45) is 2.97. The summed E-state index contributed by atoms with van der Waals surface area (Å²) in [6.45, 7) is 3.15. The molecule has 0 aliphatic carbocycles. The van der Waals surface area contributed by atoms with E-state index in [4.69, 9.17) is 9.47 Å². The van der Waals surface area contributed by atoms with Crippen molar-refractivity contribution in [2.75, 3.05) is 13.1 Å². The number of carbonyl (C=O) groups is 1. The molecule has 5 heteroatoms. The molecule has 0 spiro atoms. The van der Waals surface area contributed by atoms with Crippen LogP contribution < -0.4 is 9.47 Å². The van der Waals surface area contributed by atoms with Crippen LogP contribution >= 0.6 is 0 Å². The number of benzene rings is 2. The molecule has 1 atom stereocenters. The zero-order valence-electron chi connectivity index (χ0n) is 16.0. The SMILES string of the molecule is C[C@H](Oc1ccccc1)C(=O)N1CCC(Oc2cccc3cccnc23)CC1. The van der Waals surface area contributed by atoms with Crippen LogP contribution in [0.4, 0.5) is 0 Å². The van der Waals surface area contributed by atoms with Crippen molar-refractivity contribution in [1.82, 2.24) is 9.88 Å². The molecule has 5 nitrogen and oxygen atoms in total. The van der Waals surface area contributed by atoms with Gasteiger partial charge in [0.1, 0.15) is 23.1 Å². The van der Waals surface area contributed by atoms with Gasteiger partial charge in [-0.3, -0.25) is 9.78 Å². The molecule has 1 amide bonds. The van der Waals surface area contributed by atoms with E-state index in [9.17, 15) is 4.79 Å². The van der Waals surface area contributed by atoms with E-state index in [0.29, 0.717) is 18.8 Å². The summed E-state index contributed by atoms with van der Waals surface area (Å²) in [5, 5.41) is 1.07. The minimum Gasteiger partial charge on any atom is -0.488 e. The average Bonchev–Trinajstić information content (AvgIpc) is 2.75. The highest BCUT2D eigenvalue weighted by Gasteiger charge is 2.28. The van der Waals surface area contributed by atoms with Gasteiger partial charge in [0.05, 0.1) is 0 Å². The zero-order valence-corrected chi connectivity index (χ0v) is 16.0. The minimum atomic E-state index is -0.498. The lowest BCUT2D eigenvalue weighted by Gasteiger charge is -2.33. The first-order valence-electron chi connectivity index (χ1n) is 9.71. The van der Waals surface area contributed by atoms with Gasteiger partial charge in [-0.1, -0.05) is 36.4 Å². The Morgan fingerprint density at radius 2 is 1.79 bits per heavy atom. The Hall–Kier alpha value is -3.08. The molecule has 1 aromatic heterocycles. The smallest absolute Gasteiger partial charge is 0.263 e. The summed E-state index contributed by atoms with van der Waals surface area (Å²) in [4.78, 5) is 19.0. The van der Waals surface area contributed by atoms with Gasteiger partial charge in [0.15, 0.2) is 6.10 Å². The quantitative estimate of drug-likeness (QED) is 0.673. The number of amides is 1. The first-order chi connectivity index (χ1) is 13.7. The molecule has 3 aromatic rings. The van der Waals surface area contributed by atoms with Gasteiger partial charge in [0.2, 0.25) is 0 Å². The van der Waals surface area contributed by atoms with Gasteiger partial charge in [-0.05, 0) is 31.2 Å². The van der Waals surface area contributed by atoms with Crippen molar-refractivity contribution in [1.29, 1.82) is 0 Å². The molecule has 2 heterocycles. The van der Waals surface area contributed by atoms with E-state index in [1.54, 1.807) is 13.1 Å². The van der Waals surface area contributed by atoms with E-state index in [2.05, 4.69) is 4.98 Å². The number of likely N-dealkylation sites (tertiary alicyclic amines) is 1. The number of pyridine rings is 1. The number of hydrogen-bond acceptors (Lipinski definition) is 4. The summed E-state index contributed by atoms with van der Waals surface area (Å²) in [5.41, 5.74) is 0.883. The number of hydrogen-bond donors (Lipinski definition) is 0. The highest BCUT2D eigenvalue weighted by atomic mass is 16.5. The fourth-order valence-corrected chi connectivity index (χ4v) is 3.56. The number of aromatic nitrogens is 1. The van der Waals surface area contributed by atoms with E-state index < -0.39 is 6.10 Å². The topological polar surface area (TPSA) is 51.7 Å². The first kappa shape index (κ1) is 18.3. The predicted octanol–water partition coefficient (Wildman–Crippen LogP) is 4.07. The molecule has 0 saturated carbocycles. The maximum Gasteiger partial charge on any atom is 0.263 e. The Balaban J connectivity index is 1.33. The molecule has 28 heavy (non-hydrogen) atoms. The van der Waals surface area contributed by atoms with Crippen LogP contribution in [0.25, 0.3) is 10.9 Å². The van der Waals surface area contributed by atoms with Crippen molar-refractivity contribution < 1.29 is 14.3 Å². The first-order valence-corrected chi connectivity index (χ1v) is 9.71. The summed E-state index contributed by atoms with van der Waals surface area (Å²) in [5.74, 6) is 1.54. The van der Waals surface area contributed by atoms with Crippen LogP contribution in [0.3, 0.4) is 0 Å². The van der Waals surface area contributed by atoms with Gasteiger partial charge in [-0.25, -0.2) is 0 Å². The van der Waals surface area contributed by atoms with Crippen LogP contribution in [-0.4, -0.2) is 41.1 Å². The number of nitrogens with zero attached hydrogens (tertiary/aromatic N) is 2. The molecule has 0 radical (unpaired) electrons. The van der Waals surface area contributed by atoms with Crippen molar-refractivity contribution >= 4 is 16.8 Å². The second kappa shape index (κ2) is 8.30. The fraction of sp³-hybridized carbons (Fsp3) is 0.304. The maximum atomic E-state index is 12.7. The molecule has 2 aromatic carbocycles. The lowest BCUT2D eigenvalue weighted by atomic mass is 10.1. The number of ether oxygens (including phenoxy) is 2. The van der Waals surface area contributed by atoms with Gasteiger partial charge in [-0.2, -0.15) is 0 Å². The third-order valence-electron chi connectivity index (χ3n) is 5.05. The monoisotopic (exact) mass is 376 g/mol. The van der Waals surface area contributed by atoms with Crippen LogP contribution in [0.5, 0.6) is 11.5 Å². The fourth-order valence-electron chi connectivity index (χ4n) is 3.56. The third kappa shape index (κ3) is 4.09. The minimum absolute atomic E-state index is 0.0223. The molecule has 1 saturated heterocycles. The van der Waals surface area contributed by atoms with Gasteiger partial charge in [0.25, 0.3) is 5.91 Å². The van der Waals surface area contributed by atoms with Crippen LogP contribution in [-0.2, 0) is 4.79 Å². The van der Waals surface area contributed by atoms with Crippen molar-refractivity contribution in [2.24, 2.45) is 0 Å². The van der Waals surface area contributed by atoms with Crippen molar-refractivity contribution in [2.45, 2.75) is 32.0 Å². The van der Waals surface area contributed by atoms with E-state index in [-0.39, 0.29) is 12.0 Å². The molecular formula is C23H24N2O3. The van der Waals surface area contributed by atoms with Gasteiger partial charge in [-0.15, -0.1) is 0 Å². The normalized spacial score (nSPS) is 16.0. The van der Waals surface area contributed by atoms with Crippen molar-refractivity contribution in [3.63, 3.8) is 0 Å². The Bertz CT molecular complexity index is 931. The summed E-state index contributed by atoms with van der Waals surface area (Å²) in [6, 6.07) is 19.4. The molecule has 1 fully saturated rings. The molecule has 1 aliphatic rings. The van der Waals surface area contributed by atoms with E-state index in [1.165, 1.54) is 0 Å². The number of fused-ring (bicyclic) bond motifs is 1. The molecule has 0 bridgehead atoms. The molecule has 4 rings (SSSR count). The standard InChI is InChI=1S/C23H24N2O3/c1-17(27-19-9-3-2-4-10-19)23(26)25-15-12-20(13-16-25)28-21-11-5-7-18-8-6-14-24-22(18)21/h2-11,14,17,20H,12-13,15-16H2,1H3/t17-/m0/s1.